The number of ether oxygens (including phenoxy) is 1. The van der Waals surface area contributed by atoms with Gasteiger partial charge < -0.3 is 20.7 Å². The number of carbonyl (C=O) groups is 1. The minimum atomic E-state index is -0.0570. The third-order valence-corrected chi connectivity index (χ3v) is 4.42. The zero-order valence-electron chi connectivity index (χ0n) is 13.0. The summed E-state index contributed by atoms with van der Waals surface area (Å²) >= 11 is 1.92. The number of nitrogens with zero attached hydrogens (tertiary/aromatic N) is 1. The van der Waals surface area contributed by atoms with Crippen LogP contribution in [0.15, 0.2) is 4.99 Å². The van der Waals surface area contributed by atoms with Gasteiger partial charge in [0.15, 0.2) is 5.96 Å². The normalized spacial score (nSPS) is 21.6. The molecule has 0 bridgehead atoms. The van der Waals surface area contributed by atoms with Crippen molar-refractivity contribution in [3.63, 3.8) is 0 Å². The minimum absolute atomic E-state index is 0. The van der Waals surface area contributed by atoms with Gasteiger partial charge in [0, 0.05) is 32.0 Å². The van der Waals surface area contributed by atoms with E-state index in [1.54, 1.807) is 14.2 Å². The van der Waals surface area contributed by atoms with Gasteiger partial charge in [0.2, 0.25) is 5.91 Å². The quantitative estimate of drug-likeness (QED) is 0.241. The largest absolute Gasteiger partial charge is 0.383 e. The van der Waals surface area contributed by atoms with Gasteiger partial charge in [0.25, 0.3) is 0 Å². The Balaban J connectivity index is 0.00000400. The molecular weight excluding hydrogens is 403 g/mol. The van der Waals surface area contributed by atoms with Crippen LogP contribution >= 0.6 is 35.7 Å². The first-order valence-corrected chi connectivity index (χ1v) is 8.24. The molecular formula is C13H27IN4O2S. The van der Waals surface area contributed by atoms with Crippen LogP contribution in [0.4, 0.5) is 0 Å². The Kier molecular flexibility index (Phi) is 12.2. The van der Waals surface area contributed by atoms with E-state index in [-0.39, 0.29) is 36.4 Å². The van der Waals surface area contributed by atoms with Gasteiger partial charge in [-0.15, -0.1) is 24.0 Å². The second-order valence-electron chi connectivity index (χ2n) is 4.78. The van der Waals surface area contributed by atoms with Crippen LogP contribution in [0.2, 0.25) is 0 Å². The summed E-state index contributed by atoms with van der Waals surface area (Å²) in [6.07, 6.45) is 5.71. The summed E-state index contributed by atoms with van der Waals surface area (Å²) in [5, 5.41) is 9.91. The number of halogens is 1. The van der Waals surface area contributed by atoms with E-state index in [4.69, 9.17) is 4.74 Å². The Morgan fingerprint density at radius 2 is 2.14 bits per heavy atom. The average Bonchev–Trinajstić information content (AvgIpc) is 2.91. The molecule has 0 aromatic rings. The highest BCUT2D eigenvalue weighted by Crippen LogP contribution is 2.27. The molecule has 21 heavy (non-hydrogen) atoms. The van der Waals surface area contributed by atoms with E-state index in [9.17, 15) is 4.79 Å². The molecule has 2 unspecified atom stereocenters. The SMILES string of the molecule is CN=C(NCC(=O)NCCOC)NC1CCC(SC)C1.I. The number of hydrogen-bond donors (Lipinski definition) is 3. The van der Waals surface area contributed by atoms with Crippen LogP contribution in [0.25, 0.3) is 0 Å². The van der Waals surface area contributed by atoms with Crippen LogP contribution in [-0.2, 0) is 9.53 Å². The zero-order chi connectivity index (χ0) is 14.8. The van der Waals surface area contributed by atoms with Crippen LogP contribution in [0, 0.1) is 0 Å². The van der Waals surface area contributed by atoms with Gasteiger partial charge in [-0.3, -0.25) is 9.79 Å². The molecule has 1 fully saturated rings. The maximum Gasteiger partial charge on any atom is 0.239 e. The molecule has 1 aliphatic carbocycles. The van der Waals surface area contributed by atoms with Crippen molar-refractivity contribution < 1.29 is 9.53 Å². The standard InChI is InChI=1S/C13H26N4O2S.HI/c1-14-13(16-9-12(18)15-6-7-19-2)17-10-4-5-11(8-10)20-3;/h10-11H,4-9H2,1-3H3,(H,15,18)(H2,14,16,17);1H. The van der Waals surface area contributed by atoms with Crippen molar-refractivity contribution in [1.82, 2.24) is 16.0 Å². The fraction of sp³-hybridized carbons (Fsp3) is 0.846. The molecule has 2 atom stereocenters. The summed E-state index contributed by atoms with van der Waals surface area (Å²) in [6, 6.07) is 0.454. The van der Waals surface area contributed by atoms with E-state index in [0.29, 0.717) is 25.2 Å². The maximum absolute atomic E-state index is 11.6. The molecule has 0 radical (unpaired) electrons. The summed E-state index contributed by atoms with van der Waals surface area (Å²) in [6.45, 7) is 1.28. The fourth-order valence-electron chi connectivity index (χ4n) is 2.19. The molecule has 6 nitrogen and oxygen atoms in total. The lowest BCUT2D eigenvalue weighted by molar-refractivity contribution is -0.120. The average molecular weight is 430 g/mol. The monoisotopic (exact) mass is 430 g/mol. The van der Waals surface area contributed by atoms with Crippen molar-refractivity contribution in [1.29, 1.82) is 0 Å². The van der Waals surface area contributed by atoms with Gasteiger partial charge in [-0.2, -0.15) is 11.8 Å². The lowest BCUT2D eigenvalue weighted by Crippen LogP contribution is -2.46. The Hall–Kier alpha value is -0.220. The van der Waals surface area contributed by atoms with Gasteiger partial charge in [0.1, 0.15) is 0 Å². The van der Waals surface area contributed by atoms with Crippen molar-refractivity contribution in [2.75, 3.05) is 40.1 Å². The van der Waals surface area contributed by atoms with Crippen molar-refractivity contribution in [3.05, 3.63) is 0 Å². The molecule has 0 aromatic heterocycles. The summed E-state index contributed by atoms with van der Waals surface area (Å²) in [5.74, 6) is 0.636. The molecule has 0 saturated heterocycles. The third kappa shape index (κ3) is 8.72. The Labute approximate surface area is 148 Å². The lowest BCUT2D eigenvalue weighted by atomic mass is 10.2. The van der Waals surface area contributed by atoms with E-state index in [1.807, 2.05) is 11.8 Å². The molecule has 1 aliphatic rings. The lowest BCUT2D eigenvalue weighted by Gasteiger charge is -2.17. The third-order valence-electron chi connectivity index (χ3n) is 3.33. The molecule has 124 valence electrons. The minimum Gasteiger partial charge on any atom is -0.383 e. The second-order valence-corrected chi connectivity index (χ2v) is 5.92. The van der Waals surface area contributed by atoms with Gasteiger partial charge in [-0.25, -0.2) is 0 Å². The first-order chi connectivity index (χ1) is 9.69. The second kappa shape index (κ2) is 12.3. The maximum atomic E-state index is 11.6. The van der Waals surface area contributed by atoms with E-state index in [1.165, 1.54) is 6.42 Å². The van der Waals surface area contributed by atoms with Crippen LogP contribution < -0.4 is 16.0 Å². The zero-order valence-corrected chi connectivity index (χ0v) is 16.1. The smallest absolute Gasteiger partial charge is 0.239 e. The topological polar surface area (TPSA) is 74.8 Å². The number of nitrogens with one attached hydrogen (secondary N) is 3. The van der Waals surface area contributed by atoms with E-state index >= 15 is 0 Å². The van der Waals surface area contributed by atoms with E-state index < -0.39 is 0 Å². The van der Waals surface area contributed by atoms with E-state index in [0.717, 1.165) is 18.1 Å². The summed E-state index contributed by atoms with van der Waals surface area (Å²) in [5.41, 5.74) is 0. The molecule has 1 saturated carbocycles. The summed E-state index contributed by atoms with van der Waals surface area (Å²) in [4.78, 5) is 15.7. The highest BCUT2D eigenvalue weighted by Gasteiger charge is 2.24. The fourth-order valence-corrected chi connectivity index (χ4v) is 2.99. The highest BCUT2D eigenvalue weighted by molar-refractivity contribution is 14.0. The number of rotatable bonds is 7. The molecule has 0 aliphatic heterocycles. The molecule has 1 amide bonds. The Bertz CT molecular complexity index is 331. The van der Waals surface area contributed by atoms with Gasteiger partial charge >= 0.3 is 0 Å². The summed E-state index contributed by atoms with van der Waals surface area (Å²) in [7, 11) is 3.33. The van der Waals surface area contributed by atoms with Crippen LogP contribution in [0.3, 0.4) is 0 Å². The van der Waals surface area contributed by atoms with Crippen LogP contribution in [-0.4, -0.2) is 63.3 Å². The Morgan fingerprint density at radius 3 is 2.71 bits per heavy atom. The number of methoxy groups -OCH3 is 1. The first kappa shape index (κ1) is 20.8. The number of thioether (sulfide) groups is 1. The van der Waals surface area contributed by atoms with Crippen molar-refractivity contribution >= 4 is 47.6 Å². The van der Waals surface area contributed by atoms with Crippen LogP contribution in [0.1, 0.15) is 19.3 Å². The number of hydrogen-bond acceptors (Lipinski definition) is 4. The molecule has 3 N–H and O–H groups in total. The predicted molar refractivity (Wildman–Crippen MR) is 99.7 cm³/mol. The molecule has 1 rings (SSSR count). The molecule has 0 spiro atoms. The van der Waals surface area contributed by atoms with Crippen LogP contribution in [0.5, 0.6) is 0 Å². The van der Waals surface area contributed by atoms with Crippen molar-refractivity contribution in [3.8, 4) is 0 Å². The van der Waals surface area contributed by atoms with Crippen molar-refractivity contribution in [2.24, 2.45) is 4.99 Å². The predicted octanol–water partition coefficient (Wildman–Crippen LogP) is 0.816. The number of aliphatic imine (C=N–C) groups is 1. The van der Waals surface area contributed by atoms with Gasteiger partial charge in [0.05, 0.1) is 13.2 Å². The molecule has 0 heterocycles. The number of guanidine groups is 1. The molecule has 8 heteroatoms. The Morgan fingerprint density at radius 1 is 1.38 bits per heavy atom. The first-order valence-electron chi connectivity index (χ1n) is 6.95. The summed E-state index contributed by atoms with van der Waals surface area (Å²) < 4.78 is 4.88. The number of carbonyl (C=O) groups excluding carboxylic acids is 1. The van der Waals surface area contributed by atoms with Gasteiger partial charge in [-0.05, 0) is 25.5 Å². The van der Waals surface area contributed by atoms with Gasteiger partial charge in [-0.1, -0.05) is 0 Å². The molecule has 0 aromatic carbocycles. The van der Waals surface area contributed by atoms with Crippen molar-refractivity contribution in [2.45, 2.75) is 30.6 Å². The number of amides is 1. The highest BCUT2D eigenvalue weighted by atomic mass is 127. The van der Waals surface area contributed by atoms with E-state index in [2.05, 4.69) is 27.2 Å².